The molecule has 1 fully saturated rings. The first-order valence-corrected chi connectivity index (χ1v) is 10.6. The summed E-state index contributed by atoms with van der Waals surface area (Å²) in [5.74, 6) is 1.70. The molecule has 1 N–H and O–H groups in total. The van der Waals surface area contributed by atoms with Crippen LogP contribution in [-0.2, 0) is 4.79 Å². The largest absolute Gasteiger partial charge is 0.354 e. The van der Waals surface area contributed by atoms with E-state index in [1.54, 1.807) is 4.52 Å². The number of hydrogen-bond acceptors (Lipinski definition) is 6. The quantitative estimate of drug-likeness (QED) is 0.615. The molecule has 2 aromatic heterocycles. The van der Waals surface area contributed by atoms with E-state index in [0.717, 1.165) is 36.8 Å². The van der Waals surface area contributed by atoms with Crippen molar-refractivity contribution in [1.82, 2.24) is 30.0 Å². The number of nitrogens with one attached hydrogen (secondary N) is 1. The van der Waals surface area contributed by atoms with E-state index in [-0.39, 0.29) is 11.8 Å². The molecule has 1 saturated heterocycles. The second kappa shape index (κ2) is 8.79. The van der Waals surface area contributed by atoms with Gasteiger partial charge in [-0.3, -0.25) is 4.79 Å². The topological polar surface area (TPSA) is 78.7 Å². The summed E-state index contributed by atoms with van der Waals surface area (Å²) in [6.07, 6.45) is 0. The second-order valence-electron chi connectivity index (χ2n) is 7.77. The second-order valence-corrected chi connectivity index (χ2v) is 7.77. The fraction of sp³-hybridized carbons (Fsp3) is 0.455. The van der Waals surface area contributed by atoms with Crippen LogP contribution in [-0.4, -0.2) is 69.9 Å². The van der Waals surface area contributed by atoms with Crippen molar-refractivity contribution in [3.8, 4) is 11.4 Å². The number of carbonyl (C=O) groups excluding carboxylic acids is 1. The average molecular weight is 408 g/mol. The maximum atomic E-state index is 12.4. The Bertz CT molecular complexity index is 1000. The third kappa shape index (κ3) is 4.14. The first kappa shape index (κ1) is 20.3. The highest BCUT2D eigenvalue weighted by Crippen LogP contribution is 2.25. The molecule has 0 spiro atoms. The Labute approximate surface area is 176 Å². The van der Waals surface area contributed by atoms with E-state index in [0.29, 0.717) is 25.3 Å². The van der Waals surface area contributed by atoms with Gasteiger partial charge in [0.2, 0.25) is 5.91 Å². The van der Waals surface area contributed by atoms with Crippen LogP contribution in [0.3, 0.4) is 0 Å². The van der Waals surface area contributed by atoms with Crippen LogP contribution in [0.2, 0.25) is 0 Å². The third-order valence-corrected chi connectivity index (χ3v) is 5.76. The van der Waals surface area contributed by atoms with Crippen molar-refractivity contribution in [2.24, 2.45) is 5.92 Å². The van der Waals surface area contributed by atoms with Gasteiger partial charge in [0.05, 0.1) is 5.92 Å². The number of anilines is 1. The molecule has 158 valence electrons. The Kier molecular flexibility index (Phi) is 5.94. The van der Waals surface area contributed by atoms with Crippen molar-refractivity contribution in [3.05, 3.63) is 42.0 Å². The Morgan fingerprint density at radius 1 is 1.10 bits per heavy atom. The lowest BCUT2D eigenvalue weighted by Gasteiger charge is -2.39. The van der Waals surface area contributed by atoms with E-state index < -0.39 is 0 Å². The van der Waals surface area contributed by atoms with E-state index in [9.17, 15) is 4.79 Å². The van der Waals surface area contributed by atoms with Gasteiger partial charge in [-0.2, -0.15) is 4.52 Å². The number of amides is 1. The SMILES string of the molecule is CCN(CC)CCNC(=O)C1CN(c2ccc3nnc(-c4ccc(C)cc4)n3n2)C1. The minimum atomic E-state index is 0.0108. The highest BCUT2D eigenvalue weighted by atomic mass is 16.2. The zero-order valence-electron chi connectivity index (χ0n) is 17.9. The third-order valence-electron chi connectivity index (χ3n) is 5.76. The fourth-order valence-corrected chi connectivity index (χ4v) is 3.68. The van der Waals surface area contributed by atoms with Crippen molar-refractivity contribution in [2.75, 3.05) is 44.2 Å². The molecule has 1 amide bonds. The molecule has 0 saturated carbocycles. The molecule has 3 heterocycles. The van der Waals surface area contributed by atoms with E-state index in [1.807, 2.05) is 24.3 Å². The van der Waals surface area contributed by atoms with Crippen LogP contribution in [0.1, 0.15) is 19.4 Å². The number of hydrogen-bond donors (Lipinski definition) is 1. The maximum absolute atomic E-state index is 12.4. The summed E-state index contributed by atoms with van der Waals surface area (Å²) in [6.45, 7) is 11.3. The van der Waals surface area contributed by atoms with Gasteiger partial charge in [0.15, 0.2) is 11.5 Å². The van der Waals surface area contributed by atoms with Gasteiger partial charge in [-0.05, 0) is 32.1 Å². The highest BCUT2D eigenvalue weighted by Gasteiger charge is 2.33. The Morgan fingerprint density at radius 2 is 1.83 bits per heavy atom. The zero-order chi connectivity index (χ0) is 21.1. The smallest absolute Gasteiger partial charge is 0.226 e. The molecule has 1 aliphatic heterocycles. The van der Waals surface area contributed by atoms with Crippen LogP contribution in [0, 0.1) is 12.8 Å². The van der Waals surface area contributed by atoms with Gasteiger partial charge in [0.1, 0.15) is 5.82 Å². The van der Waals surface area contributed by atoms with Crippen molar-refractivity contribution >= 4 is 17.4 Å². The minimum absolute atomic E-state index is 0.0108. The Hall–Kier alpha value is -3.00. The Morgan fingerprint density at radius 3 is 2.53 bits per heavy atom. The normalized spacial score (nSPS) is 14.3. The summed E-state index contributed by atoms with van der Waals surface area (Å²) in [5, 5.41) is 16.3. The number of fused-ring (bicyclic) bond motifs is 1. The van der Waals surface area contributed by atoms with E-state index in [1.165, 1.54) is 5.56 Å². The molecule has 3 aromatic rings. The monoisotopic (exact) mass is 407 g/mol. The van der Waals surface area contributed by atoms with Gasteiger partial charge in [0.25, 0.3) is 0 Å². The predicted octanol–water partition coefficient (Wildman–Crippen LogP) is 1.99. The van der Waals surface area contributed by atoms with Crippen LogP contribution < -0.4 is 10.2 Å². The van der Waals surface area contributed by atoms with Crippen LogP contribution in [0.5, 0.6) is 0 Å². The number of aryl methyl sites for hydroxylation is 1. The number of likely N-dealkylation sites (N-methyl/N-ethyl adjacent to an activating group) is 1. The van der Waals surface area contributed by atoms with Crippen molar-refractivity contribution in [2.45, 2.75) is 20.8 Å². The molecular weight excluding hydrogens is 378 g/mol. The summed E-state index contributed by atoms with van der Waals surface area (Å²) < 4.78 is 1.78. The lowest BCUT2D eigenvalue weighted by molar-refractivity contribution is -0.125. The first-order valence-electron chi connectivity index (χ1n) is 10.6. The number of benzene rings is 1. The van der Waals surface area contributed by atoms with Crippen LogP contribution in [0.15, 0.2) is 36.4 Å². The van der Waals surface area contributed by atoms with E-state index in [4.69, 9.17) is 5.10 Å². The maximum Gasteiger partial charge on any atom is 0.226 e. The number of aromatic nitrogens is 4. The molecule has 4 rings (SSSR count). The molecule has 0 atom stereocenters. The Balaban J connectivity index is 1.39. The van der Waals surface area contributed by atoms with Crippen molar-refractivity contribution in [3.63, 3.8) is 0 Å². The van der Waals surface area contributed by atoms with E-state index >= 15 is 0 Å². The standard InChI is InChI=1S/C22H29N7O/c1-4-27(5-2)13-12-23-22(30)18-14-28(15-18)20-11-10-19-24-25-21(29(19)26-20)17-8-6-16(3)7-9-17/h6-11,18H,4-5,12-15H2,1-3H3,(H,23,30). The fourth-order valence-electron chi connectivity index (χ4n) is 3.68. The molecule has 0 bridgehead atoms. The van der Waals surface area contributed by atoms with Crippen molar-refractivity contribution in [1.29, 1.82) is 0 Å². The van der Waals surface area contributed by atoms with Gasteiger partial charge in [-0.15, -0.1) is 15.3 Å². The number of nitrogens with zero attached hydrogens (tertiary/aromatic N) is 6. The summed E-state index contributed by atoms with van der Waals surface area (Å²) >= 11 is 0. The van der Waals surface area contributed by atoms with Crippen LogP contribution in [0.25, 0.3) is 17.0 Å². The number of rotatable bonds is 8. The molecule has 8 heteroatoms. The van der Waals surface area contributed by atoms with Gasteiger partial charge in [-0.25, -0.2) is 0 Å². The van der Waals surface area contributed by atoms with Crippen LogP contribution >= 0.6 is 0 Å². The number of carbonyl (C=O) groups is 1. The summed E-state index contributed by atoms with van der Waals surface area (Å²) in [6, 6.07) is 12.0. The molecule has 1 aliphatic rings. The summed E-state index contributed by atoms with van der Waals surface area (Å²) in [4.78, 5) is 16.8. The lowest BCUT2D eigenvalue weighted by Crippen LogP contribution is -2.54. The minimum Gasteiger partial charge on any atom is -0.354 e. The molecule has 8 nitrogen and oxygen atoms in total. The van der Waals surface area contributed by atoms with Gasteiger partial charge < -0.3 is 15.1 Å². The molecular formula is C22H29N7O. The van der Waals surface area contributed by atoms with Crippen LogP contribution in [0.4, 0.5) is 5.82 Å². The molecule has 0 unspecified atom stereocenters. The molecule has 0 radical (unpaired) electrons. The highest BCUT2D eigenvalue weighted by molar-refractivity contribution is 5.81. The van der Waals surface area contributed by atoms with Gasteiger partial charge in [-0.1, -0.05) is 43.7 Å². The van der Waals surface area contributed by atoms with E-state index in [2.05, 4.69) is 58.2 Å². The predicted molar refractivity (Wildman–Crippen MR) is 117 cm³/mol. The van der Waals surface area contributed by atoms with Gasteiger partial charge >= 0.3 is 0 Å². The average Bonchev–Trinajstić information content (AvgIpc) is 3.14. The van der Waals surface area contributed by atoms with Gasteiger partial charge in [0, 0.05) is 31.7 Å². The van der Waals surface area contributed by atoms with Crippen molar-refractivity contribution < 1.29 is 4.79 Å². The molecule has 30 heavy (non-hydrogen) atoms. The lowest BCUT2D eigenvalue weighted by atomic mass is 9.99. The summed E-state index contributed by atoms with van der Waals surface area (Å²) in [7, 11) is 0. The first-order chi connectivity index (χ1) is 14.6. The molecule has 1 aromatic carbocycles. The summed E-state index contributed by atoms with van der Waals surface area (Å²) in [5.41, 5.74) is 2.88. The zero-order valence-corrected chi connectivity index (χ0v) is 17.9. The molecule has 0 aliphatic carbocycles.